The average Bonchev–Trinajstić information content (AvgIpc) is 3.22. The molecule has 2 aliphatic carbocycles. The van der Waals surface area contributed by atoms with Gasteiger partial charge in [-0.2, -0.15) is 0 Å². The van der Waals surface area contributed by atoms with Gasteiger partial charge in [0.1, 0.15) is 5.82 Å². The van der Waals surface area contributed by atoms with E-state index in [1.54, 1.807) is 0 Å². The van der Waals surface area contributed by atoms with E-state index in [1.165, 1.54) is 25.0 Å². The highest BCUT2D eigenvalue weighted by molar-refractivity contribution is 5.85. The highest BCUT2D eigenvalue weighted by atomic mass is 35.5. The van der Waals surface area contributed by atoms with Gasteiger partial charge in [-0.05, 0) is 55.7 Å². The number of hydrogen-bond donors (Lipinski definition) is 1. The molecule has 1 aromatic rings. The minimum absolute atomic E-state index is 0. The van der Waals surface area contributed by atoms with E-state index in [-0.39, 0.29) is 30.2 Å². The predicted octanol–water partition coefficient (Wildman–Crippen LogP) is 4.08. The molecule has 0 spiro atoms. The normalized spacial score (nSPS) is 23.4. The molecule has 1 amide bonds. The number of rotatable bonds is 6. The molecule has 3 rings (SSSR count). The van der Waals surface area contributed by atoms with Crippen molar-refractivity contribution in [2.45, 2.75) is 69.9 Å². The molecular formula is C20H30ClFN2O. The lowest BCUT2D eigenvalue weighted by Gasteiger charge is -2.31. The SMILES string of the molecule is Cl.N[C@@H]1CCC[C@H]1CC(=O)N(CCc1ccc(F)cc1)C1CCCC1. The Morgan fingerprint density at radius 1 is 1.08 bits per heavy atom. The summed E-state index contributed by atoms with van der Waals surface area (Å²) in [4.78, 5) is 15.0. The molecule has 0 heterocycles. The van der Waals surface area contributed by atoms with Crippen molar-refractivity contribution in [1.29, 1.82) is 0 Å². The monoisotopic (exact) mass is 368 g/mol. The number of halogens is 2. The Labute approximate surface area is 156 Å². The fraction of sp³-hybridized carbons (Fsp3) is 0.650. The van der Waals surface area contributed by atoms with E-state index in [2.05, 4.69) is 4.90 Å². The third kappa shape index (κ3) is 5.42. The molecule has 0 saturated heterocycles. The summed E-state index contributed by atoms with van der Waals surface area (Å²) in [5.74, 6) is 0.413. The summed E-state index contributed by atoms with van der Waals surface area (Å²) in [5.41, 5.74) is 7.24. The largest absolute Gasteiger partial charge is 0.339 e. The second kappa shape index (κ2) is 9.54. The minimum atomic E-state index is -0.210. The van der Waals surface area contributed by atoms with Crippen molar-refractivity contribution in [1.82, 2.24) is 4.90 Å². The Morgan fingerprint density at radius 2 is 1.76 bits per heavy atom. The van der Waals surface area contributed by atoms with Gasteiger partial charge in [-0.3, -0.25) is 4.79 Å². The van der Waals surface area contributed by atoms with Gasteiger partial charge in [-0.15, -0.1) is 12.4 Å². The fourth-order valence-electron chi connectivity index (χ4n) is 4.29. The second-order valence-electron chi connectivity index (χ2n) is 7.46. The highest BCUT2D eigenvalue weighted by Gasteiger charge is 2.31. The zero-order valence-electron chi connectivity index (χ0n) is 14.8. The summed E-state index contributed by atoms with van der Waals surface area (Å²) in [5, 5.41) is 0. The zero-order chi connectivity index (χ0) is 16.9. The number of carbonyl (C=O) groups is 1. The van der Waals surface area contributed by atoms with Crippen LogP contribution in [-0.4, -0.2) is 29.4 Å². The fourth-order valence-corrected chi connectivity index (χ4v) is 4.29. The zero-order valence-corrected chi connectivity index (χ0v) is 15.6. The van der Waals surface area contributed by atoms with E-state index in [9.17, 15) is 9.18 Å². The topological polar surface area (TPSA) is 46.3 Å². The van der Waals surface area contributed by atoms with Crippen molar-refractivity contribution < 1.29 is 9.18 Å². The number of nitrogens with zero attached hydrogens (tertiary/aromatic N) is 1. The Hall–Kier alpha value is -1.13. The van der Waals surface area contributed by atoms with Gasteiger partial charge in [0.25, 0.3) is 0 Å². The lowest BCUT2D eigenvalue weighted by atomic mass is 9.98. The number of hydrogen-bond acceptors (Lipinski definition) is 2. The molecule has 2 N–H and O–H groups in total. The Kier molecular flexibility index (Phi) is 7.70. The van der Waals surface area contributed by atoms with Gasteiger partial charge in [-0.25, -0.2) is 4.39 Å². The van der Waals surface area contributed by atoms with E-state index >= 15 is 0 Å². The van der Waals surface area contributed by atoms with Crippen LogP contribution in [0.5, 0.6) is 0 Å². The van der Waals surface area contributed by atoms with Crippen LogP contribution in [-0.2, 0) is 11.2 Å². The Morgan fingerprint density at radius 3 is 2.36 bits per heavy atom. The molecule has 2 fully saturated rings. The van der Waals surface area contributed by atoms with Gasteiger partial charge < -0.3 is 10.6 Å². The first-order chi connectivity index (χ1) is 11.6. The first-order valence-electron chi connectivity index (χ1n) is 9.43. The molecule has 2 atom stereocenters. The molecule has 5 heteroatoms. The van der Waals surface area contributed by atoms with Gasteiger partial charge in [-0.1, -0.05) is 31.4 Å². The van der Waals surface area contributed by atoms with Gasteiger partial charge in [0.2, 0.25) is 5.91 Å². The molecule has 25 heavy (non-hydrogen) atoms. The molecule has 0 radical (unpaired) electrons. The Balaban J connectivity index is 0.00000225. The van der Waals surface area contributed by atoms with E-state index in [1.807, 2.05) is 12.1 Å². The first-order valence-corrected chi connectivity index (χ1v) is 9.43. The van der Waals surface area contributed by atoms with Crippen LogP contribution in [0.25, 0.3) is 0 Å². The molecule has 2 saturated carbocycles. The molecule has 3 nitrogen and oxygen atoms in total. The molecule has 140 valence electrons. The van der Waals surface area contributed by atoms with Crippen LogP contribution in [0.2, 0.25) is 0 Å². The molecular weight excluding hydrogens is 339 g/mol. The maximum atomic E-state index is 13.0. The summed E-state index contributed by atoms with van der Waals surface area (Å²) in [6, 6.07) is 7.20. The van der Waals surface area contributed by atoms with Gasteiger partial charge in [0, 0.05) is 25.0 Å². The Bertz CT molecular complexity index is 545. The lowest BCUT2D eigenvalue weighted by Crippen LogP contribution is -2.42. The summed E-state index contributed by atoms with van der Waals surface area (Å²) < 4.78 is 13.0. The maximum absolute atomic E-state index is 13.0. The van der Waals surface area contributed by atoms with Crippen molar-refractivity contribution in [3.63, 3.8) is 0 Å². The first kappa shape index (κ1) is 20.2. The lowest BCUT2D eigenvalue weighted by molar-refractivity contribution is -0.134. The molecule has 0 bridgehead atoms. The smallest absolute Gasteiger partial charge is 0.223 e. The van der Waals surface area contributed by atoms with Crippen molar-refractivity contribution in [2.24, 2.45) is 11.7 Å². The third-order valence-electron chi connectivity index (χ3n) is 5.80. The van der Waals surface area contributed by atoms with Crippen LogP contribution in [0.15, 0.2) is 24.3 Å². The van der Waals surface area contributed by atoms with Gasteiger partial charge in [0.15, 0.2) is 0 Å². The van der Waals surface area contributed by atoms with Crippen molar-refractivity contribution >= 4 is 18.3 Å². The highest BCUT2D eigenvalue weighted by Crippen LogP contribution is 2.30. The summed E-state index contributed by atoms with van der Waals surface area (Å²) >= 11 is 0. The minimum Gasteiger partial charge on any atom is -0.339 e. The van der Waals surface area contributed by atoms with Crippen molar-refractivity contribution in [2.75, 3.05) is 6.54 Å². The second-order valence-corrected chi connectivity index (χ2v) is 7.46. The van der Waals surface area contributed by atoms with Crippen molar-refractivity contribution in [3.8, 4) is 0 Å². The molecule has 2 aliphatic rings. The number of amides is 1. The van der Waals surface area contributed by atoms with Gasteiger partial charge in [0.05, 0.1) is 0 Å². The van der Waals surface area contributed by atoms with Crippen LogP contribution in [0.3, 0.4) is 0 Å². The molecule has 0 aliphatic heterocycles. The van der Waals surface area contributed by atoms with Crippen LogP contribution in [0, 0.1) is 11.7 Å². The number of carbonyl (C=O) groups excluding carboxylic acids is 1. The van der Waals surface area contributed by atoms with E-state index in [4.69, 9.17) is 5.73 Å². The molecule has 1 aromatic carbocycles. The summed E-state index contributed by atoms with van der Waals surface area (Å²) in [6.45, 7) is 0.733. The van der Waals surface area contributed by atoms with E-state index in [0.717, 1.165) is 50.6 Å². The number of benzene rings is 1. The predicted molar refractivity (Wildman–Crippen MR) is 101 cm³/mol. The third-order valence-corrected chi connectivity index (χ3v) is 5.80. The van der Waals surface area contributed by atoms with E-state index < -0.39 is 0 Å². The van der Waals surface area contributed by atoms with Crippen LogP contribution in [0.1, 0.15) is 56.9 Å². The van der Waals surface area contributed by atoms with E-state index in [0.29, 0.717) is 18.4 Å². The molecule has 0 aromatic heterocycles. The van der Waals surface area contributed by atoms with Crippen molar-refractivity contribution in [3.05, 3.63) is 35.6 Å². The van der Waals surface area contributed by atoms with Crippen LogP contribution < -0.4 is 5.73 Å². The van der Waals surface area contributed by atoms with Gasteiger partial charge >= 0.3 is 0 Å². The van der Waals surface area contributed by atoms with Crippen LogP contribution in [0.4, 0.5) is 4.39 Å². The summed E-state index contributed by atoms with van der Waals surface area (Å²) in [6.07, 6.45) is 9.35. The standard InChI is InChI=1S/C20H29FN2O.ClH/c21-17-10-8-15(9-11-17)12-13-23(18-5-1-2-6-18)20(24)14-16-4-3-7-19(16)22;/h8-11,16,18-19H,1-7,12-14,22H2;1H/t16-,19+;/m0./s1. The number of nitrogens with two attached hydrogens (primary N) is 1. The van der Waals surface area contributed by atoms with Crippen LogP contribution >= 0.6 is 12.4 Å². The molecule has 0 unspecified atom stereocenters. The average molecular weight is 369 g/mol. The summed E-state index contributed by atoms with van der Waals surface area (Å²) in [7, 11) is 0. The maximum Gasteiger partial charge on any atom is 0.223 e. The quantitative estimate of drug-likeness (QED) is 0.822.